The second-order valence-corrected chi connectivity index (χ2v) is 6.11. The molecule has 0 saturated carbocycles. The second kappa shape index (κ2) is 7.47. The number of piperazine rings is 1. The van der Waals surface area contributed by atoms with Gasteiger partial charge in [0.2, 0.25) is 11.8 Å². The highest BCUT2D eigenvalue weighted by Gasteiger charge is 2.23. The smallest absolute Gasteiger partial charge is 0.267 e. The molecule has 1 fully saturated rings. The summed E-state index contributed by atoms with van der Waals surface area (Å²) >= 11 is 0. The second-order valence-electron chi connectivity index (χ2n) is 6.11. The van der Waals surface area contributed by atoms with Gasteiger partial charge in [-0.05, 0) is 30.3 Å². The lowest BCUT2D eigenvalue weighted by Gasteiger charge is -2.34. The van der Waals surface area contributed by atoms with Gasteiger partial charge in [0.25, 0.3) is 5.56 Å². The van der Waals surface area contributed by atoms with Crippen molar-refractivity contribution in [1.82, 2.24) is 19.6 Å². The van der Waals surface area contributed by atoms with E-state index in [4.69, 9.17) is 0 Å². The molecule has 0 radical (unpaired) electrons. The van der Waals surface area contributed by atoms with E-state index < -0.39 is 0 Å². The van der Waals surface area contributed by atoms with Crippen LogP contribution in [0.1, 0.15) is 6.92 Å². The van der Waals surface area contributed by atoms with Crippen molar-refractivity contribution < 1.29 is 14.0 Å². The van der Waals surface area contributed by atoms with Crippen molar-refractivity contribution in [3.05, 3.63) is 52.6 Å². The van der Waals surface area contributed by atoms with Crippen LogP contribution < -0.4 is 5.56 Å². The molecule has 1 aliphatic rings. The Balaban J connectivity index is 1.72. The number of aromatic nitrogens is 2. The summed E-state index contributed by atoms with van der Waals surface area (Å²) in [5.41, 5.74) is 0.757. The molecule has 136 valence electrons. The minimum absolute atomic E-state index is 0.0121. The first kappa shape index (κ1) is 17.8. The maximum absolute atomic E-state index is 13.1. The van der Waals surface area contributed by atoms with Crippen molar-refractivity contribution in [2.75, 3.05) is 26.2 Å². The highest BCUT2D eigenvalue weighted by molar-refractivity contribution is 5.77. The molecule has 3 rings (SSSR count). The fraction of sp³-hybridized carbons (Fsp3) is 0.333. The molecule has 1 aromatic carbocycles. The zero-order valence-electron chi connectivity index (χ0n) is 14.4. The molecule has 2 amide bonds. The standard InChI is InChI=1S/C18H19FN4O3/c1-13(24)21-8-10-22(11-9-21)18(26)12-23-17(25)7-6-16(20-23)14-2-4-15(19)5-3-14/h2-7H,8-12H2,1H3. The Morgan fingerprint density at radius 2 is 1.62 bits per heavy atom. The van der Waals surface area contributed by atoms with Crippen LogP contribution in [0.15, 0.2) is 41.2 Å². The van der Waals surface area contributed by atoms with E-state index in [0.29, 0.717) is 37.4 Å². The molecule has 0 spiro atoms. The van der Waals surface area contributed by atoms with Gasteiger partial charge in [0.05, 0.1) is 5.69 Å². The van der Waals surface area contributed by atoms with Crippen LogP contribution in [0, 0.1) is 5.82 Å². The van der Waals surface area contributed by atoms with E-state index in [2.05, 4.69) is 5.10 Å². The maximum atomic E-state index is 13.1. The molecular weight excluding hydrogens is 339 g/mol. The first-order valence-corrected chi connectivity index (χ1v) is 8.31. The predicted octanol–water partition coefficient (Wildman–Crippen LogP) is 0.740. The van der Waals surface area contributed by atoms with Crippen molar-refractivity contribution >= 4 is 11.8 Å². The van der Waals surface area contributed by atoms with Crippen molar-refractivity contribution in [2.45, 2.75) is 13.5 Å². The number of halogens is 1. The van der Waals surface area contributed by atoms with Gasteiger partial charge >= 0.3 is 0 Å². The minimum Gasteiger partial charge on any atom is -0.339 e. The third kappa shape index (κ3) is 3.96. The van der Waals surface area contributed by atoms with E-state index in [-0.39, 0.29) is 29.7 Å². The average Bonchev–Trinajstić information content (AvgIpc) is 2.64. The SMILES string of the molecule is CC(=O)N1CCN(C(=O)Cn2nc(-c3ccc(F)cc3)ccc2=O)CC1. The molecule has 0 atom stereocenters. The summed E-state index contributed by atoms with van der Waals surface area (Å²) in [4.78, 5) is 39.2. The fourth-order valence-corrected chi connectivity index (χ4v) is 2.84. The quantitative estimate of drug-likeness (QED) is 0.811. The monoisotopic (exact) mass is 358 g/mol. The largest absolute Gasteiger partial charge is 0.339 e. The van der Waals surface area contributed by atoms with Crippen molar-refractivity contribution in [3.63, 3.8) is 0 Å². The summed E-state index contributed by atoms with van der Waals surface area (Å²) in [5.74, 6) is -0.594. The molecular formula is C18H19FN4O3. The predicted molar refractivity (Wildman–Crippen MR) is 92.7 cm³/mol. The van der Waals surface area contributed by atoms with Gasteiger partial charge in [-0.25, -0.2) is 9.07 Å². The van der Waals surface area contributed by atoms with Crippen LogP contribution in [-0.4, -0.2) is 57.6 Å². The van der Waals surface area contributed by atoms with Gasteiger partial charge in [0.1, 0.15) is 12.4 Å². The molecule has 8 heteroatoms. The van der Waals surface area contributed by atoms with Gasteiger partial charge in [-0.3, -0.25) is 14.4 Å². The molecule has 7 nitrogen and oxygen atoms in total. The highest BCUT2D eigenvalue weighted by atomic mass is 19.1. The Labute approximate surface area is 149 Å². The van der Waals surface area contributed by atoms with Gasteiger partial charge in [0, 0.05) is 44.7 Å². The summed E-state index contributed by atoms with van der Waals surface area (Å²) in [6, 6.07) is 8.64. The van der Waals surface area contributed by atoms with Crippen LogP contribution in [0.5, 0.6) is 0 Å². The number of benzene rings is 1. The van der Waals surface area contributed by atoms with Crippen LogP contribution in [0.3, 0.4) is 0 Å². The third-order valence-corrected chi connectivity index (χ3v) is 4.37. The van der Waals surface area contributed by atoms with Crippen LogP contribution >= 0.6 is 0 Å². The van der Waals surface area contributed by atoms with Crippen LogP contribution in [0.2, 0.25) is 0 Å². The molecule has 1 aliphatic heterocycles. The summed E-state index contributed by atoms with van der Waals surface area (Å²) < 4.78 is 14.2. The molecule has 1 saturated heterocycles. The lowest BCUT2D eigenvalue weighted by atomic mass is 10.1. The number of amides is 2. The summed E-state index contributed by atoms with van der Waals surface area (Å²) in [6.07, 6.45) is 0. The number of carbonyl (C=O) groups excluding carboxylic acids is 2. The zero-order chi connectivity index (χ0) is 18.7. The number of nitrogens with zero attached hydrogens (tertiary/aromatic N) is 4. The van der Waals surface area contributed by atoms with Gasteiger partial charge in [-0.2, -0.15) is 5.10 Å². The fourth-order valence-electron chi connectivity index (χ4n) is 2.84. The van der Waals surface area contributed by atoms with Gasteiger partial charge in [-0.15, -0.1) is 0 Å². The van der Waals surface area contributed by atoms with Crippen molar-refractivity contribution in [2.24, 2.45) is 0 Å². The van der Waals surface area contributed by atoms with Crippen LogP contribution in [0.4, 0.5) is 4.39 Å². The van der Waals surface area contributed by atoms with E-state index in [0.717, 1.165) is 4.68 Å². The molecule has 2 heterocycles. The Bertz CT molecular complexity index is 871. The van der Waals surface area contributed by atoms with E-state index in [1.165, 1.54) is 25.1 Å². The number of rotatable bonds is 3. The Morgan fingerprint density at radius 3 is 2.23 bits per heavy atom. The first-order chi connectivity index (χ1) is 12.4. The van der Waals surface area contributed by atoms with Crippen molar-refractivity contribution in [1.29, 1.82) is 0 Å². The molecule has 0 unspecified atom stereocenters. The normalized spacial score (nSPS) is 14.4. The van der Waals surface area contributed by atoms with Crippen LogP contribution in [-0.2, 0) is 16.1 Å². The van der Waals surface area contributed by atoms with Gasteiger partial charge in [-0.1, -0.05) is 0 Å². The number of carbonyl (C=O) groups is 2. The maximum Gasteiger partial charge on any atom is 0.267 e. The van der Waals surface area contributed by atoms with Gasteiger partial charge < -0.3 is 9.80 Å². The van der Waals surface area contributed by atoms with Crippen molar-refractivity contribution in [3.8, 4) is 11.3 Å². The summed E-state index contributed by atoms with van der Waals surface area (Å²) in [6.45, 7) is 3.17. The Morgan fingerprint density at radius 1 is 1.00 bits per heavy atom. The molecule has 26 heavy (non-hydrogen) atoms. The zero-order valence-corrected chi connectivity index (χ0v) is 14.4. The van der Waals surface area contributed by atoms with E-state index in [1.54, 1.807) is 28.0 Å². The molecule has 0 bridgehead atoms. The molecule has 0 aliphatic carbocycles. The lowest BCUT2D eigenvalue weighted by Crippen LogP contribution is -2.51. The third-order valence-electron chi connectivity index (χ3n) is 4.37. The van der Waals surface area contributed by atoms with Crippen LogP contribution in [0.25, 0.3) is 11.3 Å². The Kier molecular flexibility index (Phi) is 5.11. The molecule has 1 aromatic heterocycles. The van der Waals surface area contributed by atoms with E-state index in [1.807, 2.05) is 0 Å². The summed E-state index contributed by atoms with van der Waals surface area (Å²) in [5, 5.41) is 4.22. The number of hydrogen-bond donors (Lipinski definition) is 0. The summed E-state index contributed by atoms with van der Waals surface area (Å²) in [7, 11) is 0. The topological polar surface area (TPSA) is 75.5 Å². The highest BCUT2D eigenvalue weighted by Crippen LogP contribution is 2.15. The average molecular weight is 358 g/mol. The van der Waals surface area contributed by atoms with E-state index >= 15 is 0 Å². The minimum atomic E-state index is -0.383. The number of hydrogen-bond acceptors (Lipinski definition) is 4. The Hall–Kier alpha value is -3.03. The van der Waals surface area contributed by atoms with Gasteiger partial charge in [0.15, 0.2) is 0 Å². The molecule has 0 N–H and O–H groups in total. The first-order valence-electron chi connectivity index (χ1n) is 8.31. The van der Waals surface area contributed by atoms with E-state index in [9.17, 15) is 18.8 Å². The lowest BCUT2D eigenvalue weighted by molar-refractivity contribution is -0.139. The molecule has 2 aromatic rings.